The van der Waals surface area contributed by atoms with Crippen LogP contribution in [0.3, 0.4) is 0 Å². The Kier molecular flexibility index (Phi) is 8.85. The van der Waals surface area contributed by atoms with Gasteiger partial charge in [0.1, 0.15) is 0 Å². The van der Waals surface area contributed by atoms with Crippen molar-refractivity contribution in [3.63, 3.8) is 0 Å². The molecule has 8 heteroatoms. The van der Waals surface area contributed by atoms with E-state index in [2.05, 4.69) is 10.8 Å². The fourth-order valence-corrected chi connectivity index (χ4v) is 0.361. The molecule has 0 aromatic rings. The van der Waals surface area contributed by atoms with Crippen molar-refractivity contribution in [3.8, 4) is 0 Å². The molecule has 0 spiro atoms. The average Bonchev–Trinajstić information content (AvgIpc) is 2.17. The van der Waals surface area contributed by atoms with E-state index in [9.17, 15) is 17.8 Å². The van der Waals surface area contributed by atoms with Gasteiger partial charge in [-0.2, -0.15) is 0 Å². The zero-order valence-electron chi connectivity index (χ0n) is 10.6. The lowest BCUT2D eigenvalue weighted by molar-refractivity contribution is -0.150. The minimum atomic E-state index is -4.41. The second-order valence-electron chi connectivity index (χ2n) is 3.32. The number of carbonyl (C=O) groups excluding carboxylic acids is 1. The highest BCUT2D eigenvalue weighted by atomic mass is 32.3. The topological polar surface area (TPSA) is 96.0 Å². The van der Waals surface area contributed by atoms with Gasteiger partial charge in [-0.1, -0.05) is 6.58 Å². The second-order valence-corrected chi connectivity index (χ2v) is 4.47. The number of ether oxygens (including phenoxy) is 1. The minimum absolute atomic E-state index is 0.195. The van der Waals surface area contributed by atoms with Gasteiger partial charge in [0.25, 0.3) is 0 Å². The predicted octanol–water partition coefficient (Wildman–Crippen LogP) is 0.106. The molecule has 0 aliphatic carbocycles. The first-order chi connectivity index (χ1) is 7.51. The highest BCUT2D eigenvalue weighted by Crippen LogP contribution is 1.99. The Hall–Kier alpha value is -0.960. The summed E-state index contributed by atoms with van der Waals surface area (Å²) in [4.78, 5) is 12.7. The smallest absolute Gasteiger partial charge is 0.334 e. The molecule has 0 aliphatic rings. The van der Waals surface area contributed by atoms with Crippen LogP contribution in [0.15, 0.2) is 12.2 Å². The van der Waals surface area contributed by atoms with Crippen LogP contribution < -0.4 is 0 Å². The van der Waals surface area contributed by atoms with Crippen LogP contribution >= 0.6 is 0 Å². The van der Waals surface area contributed by atoms with E-state index in [1.165, 1.54) is 0 Å². The summed E-state index contributed by atoms with van der Waals surface area (Å²) < 4.78 is 36.0. The van der Waals surface area contributed by atoms with Crippen LogP contribution in [0.5, 0.6) is 0 Å². The van der Waals surface area contributed by atoms with Crippen LogP contribution in [0, 0.1) is 0 Å². The summed E-state index contributed by atoms with van der Waals surface area (Å²) in [7, 11) is 0.0831. The van der Waals surface area contributed by atoms with Crippen LogP contribution in [0.4, 0.5) is 0 Å². The summed E-state index contributed by atoms with van der Waals surface area (Å²) in [6.45, 7) is 6.91. The maximum absolute atomic E-state index is 10.9. The molecule has 0 aromatic heterocycles. The quantitative estimate of drug-likeness (QED) is 0.235. The van der Waals surface area contributed by atoms with Crippen molar-refractivity contribution in [2.75, 3.05) is 21.2 Å². The first-order valence-electron chi connectivity index (χ1n) is 4.55. The van der Waals surface area contributed by atoms with Gasteiger partial charge in [-0.3, -0.25) is 9.08 Å². The summed E-state index contributed by atoms with van der Waals surface area (Å²) in [5, 5.41) is 0. The molecule has 102 valence electrons. The van der Waals surface area contributed by atoms with Crippen molar-refractivity contribution in [2.24, 2.45) is 0 Å². The lowest BCUT2D eigenvalue weighted by atomic mass is 10.4. The lowest BCUT2D eigenvalue weighted by Gasteiger charge is -2.19. The first-order valence-corrected chi connectivity index (χ1v) is 5.89. The maximum Gasteiger partial charge on any atom is 0.334 e. The molecule has 0 rings (SSSR count). The van der Waals surface area contributed by atoms with E-state index in [4.69, 9.17) is 4.74 Å². The van der Waals surface area contributed by atoms with Crippen LogP contribution in [0.1, 0.15) is 13.8 Å². The molecule has 0 bridgehead atoms. The van der Waals surface area contributed by atoms with Crippen molar-refractivity contribution in [2.45, 2.75) is 20.1 Å². The van der Waals surface area contributed by atoms with E-state index in [1.807, 2.05) is 14.1 Å². The molecule has 0 saturated carbocycles. The van der Waals surface area contributed by atoms with E-state index in [0.29, 0.717) is 5.57 Å². The largest absolute Gasteiger partial charge is 0.726 e. The number of carbonyl (C=O) groups is 1. The summed E-state index contributed by atoms with van der Waals surface area (Å²) in [6, 6.07) is 0. The Bertz CT molecular complexity index is 348. The number of hydrogen-bond acceptors (Lipinski definition) is 7. The third-order valence-electron chi connectivity index (χ3n) is 1.56. The highest BCUT2D eigenvalue weighted by molar-refractivity contribution is 7.80. The Morgan fingerprint density at radius 2 is 1.76 bits per heavy atom. The van der Waals surface area contributed by atoms with Crippen LogP contribution in [0.25, 0.3) is 0 Å². The summed E-state index contributed by atoms with van der Waals surface area (Å²) in [5.74, 6) is -0.341. The molecule has 0 N–H and O–H groups in total. The average molecular weight is 268 g/mol. The van der Waals surface area contributed by atoms with E-state index < -0.39 is 10.4 Å². The Morgan fingerprint density at radius 1 is 1.41 bits per heavy atom. The van der Waals surface area contributed by atoms with Gasteiger partial charge in [-0.15, -0.1) is 0 Å². The van der Waals surface area contributed by atoms with Gasteiger partial charge in [0.2, 0.25) is 10.4 Å². The Labute approximate surface area is 102 Å². The normalized spacial score (nSPS) is 12.4. The van der Waals surface area contributed by atoms with Crippen LogP contribution in [-0.4, -0.2) is 51.3 Å². The number of nitrogens with zero attached hydrogens (tertiary/aromatic N) is 1. The standard InChI is InChI=1S/C8H15NO2.CH4O4S/c1-6(2)8(10)11-7(3)9(4)5;1-5-6(2,3)4/h7H,1H2,2-5H3;1H3,(H,2,3,4)/p-1. The monoisotopic (exact) mass is 268 g/mol. The third kappa shape index (κ3) is 13.0. The molecular weight excluding hydrogens is 250 g/mol. The molecule has 0 saturated heterocycles. The SMILES string of the molecule is C=C(C)C(=O)OC(C)N(C)C.COS(=O)(=O)[O-]. The van der Waals surface area contributed by atoms with Gasteiger partial charge in [0.15, 0.2) is 6.23 Å². The zero-order valence-corrected chi connectivity index (χ0v) is 11.4. The van der Waals surface area contributed by atoms with Gasteiger partial charge < -0.3 is 9.29 Å². The molecule has 0 aromatic carbocycles. The lowest BCUT2D eigenvalue weighted by Crippen LogP contribution is -2.30. The Morgan fingerprint density at radius 3 is 1.94 bits per heavy atom. The summed E-state index contributed by atoms with van der Waals surface area (Å²) in [6.07, 6.45) is -0.195. The second kappa shape index (κ2) is 8.18. The molecule has 17 heavy (non-hydrogen) atoms. The minimum Gasteiger partial charge on any atom is -0.726 e. The number of rotatable bonds is 4. The van der Waals surface area contributed by atoms with Crippen molar-refractivity contribution in [1.29, 1.82) is 0 Å². The van der Waals surface area contributed by atoms with E-state index in [0.717, 1.165) is 7.11 Å². The highest BCUT2D eigenvalue weighted by Gasteiger charge is 2.10. The molecule has 7 nitrogen and oxygen atoms in total. The van der Waals surface area contributed by atoms with Gasteiger partial charge in [-0.25, -0.2) is 13.2 Å². The van der Waals surface area contributed by atoms with E-state index in [-0.39, 0.29) is 12.2 Å². The van der Waals surface area contributed by atoms with Crippen molar-refractivity contribution >= 4 is 16.4 Å². The molecule has 0 radical (unpaired) electrons. The molecular formula is C9H18NO6S-. The van der Waals surface area contributed by atoms with Gasteiger partial charge in [-0.05, 0) is 27.9 Å². The fourth-order valence-electron chi connectivity index (χ4n) is 0.361. The molecule has 1 atom stereocenters. The summed E-state index contributed by atoms with van der Waals surface area (Å²) in [5.41, 5.74) is 0.429. The van der Waals surface area contributed by atoms with Crippen molar-refractivity contribution in [3.05, 3.63) is 12.2 Å². The van der Waals surface area contributed by atoms with Gasteiger partial charge in [0.05, 0.1) is 7.11 Å². The molecule has 0 amide bonds. The number of esters is 1. The van der Waals surface area contributed by atoms with Gasteiger partial charge in [0, 0.05) is 5.57 Å². The molecule has 0 fully saturated rings. The third-order valence-corrected chi connectivity index (χ3v) is 1.97. The van der Waals surface area contributed by atoms with Crippen molar-refractivity contribution in [1.82, 2.24) is 4.90 Å². The van der Waals surface area contributed by atoms with Crippen molar-refractivity contribution < 1.29 is 26.7 Å². The Balaban J connectivity index is 0. The maximum atomic E-state index is 10.9. The van der Waals surface area contributed by atoms with Gasteiger partial charge >= 0.3 is 5.97 Å². The summed E-state index contributed by atoms with van der Waals surface area (Å²) >= 11 is 0. The molecule has 0 heterocycles. The molecule has 1 unspecified atom stereocenters. The first kappa shape index (κ1) is 18.4. The molecule has 0 aliphatic heterocycles. The van der Waals surface area contributed by atoms with E-state index >= 15 is 0 Å². The predicted molar refractivity (Wildman–Crippen MR) is 60.8 cm³/mol. The fraction of sp³-hybridized carbons (Fsp3) is 0.667. The zero-order chi connectivity index (χ0) is 14.2. The van der Waals surface area contributed by atoms with E-state index in [1.54, 1.807) is 18.7 Å². The van der Waals surface area contributed by atoms with Crippen LogP contribution in [-0.2, 0) is 24.1 Å². The number of hydrogen-bond donors (Lipinski definition) is 0. The van der Waals surface area contributed by atoms with Crippen LogP contribution in [0.2, 0.25) is 0 Å².